The first-order valence-corrected chi connectivity index (χ1v) is 9.39. The van der Waals surface area contributed by atoms with Crippen molar-refractivity contribution >= 4 is 17.4 Å². The second-order valence-corrected chi connectivity index (χ2v) is 7.20. The minimum atomic E-state index is -0.327. The van der Waals surface area contributed by atoms with Gasteiger partial charge in [-0.3, -0.25) is 9.59 Å². The van der Waals surface area contributed by atoms with Crippen LogP contribution < -0.4 is 9.64 Å². The number of rotatable bonds is 3. The number of anilines is 1. The van der Waals surface area contributed by atoms with Crippen molar-refractivity contribution in [2.45, 2.75) is 19.3 Å². The standard InChI is InChI=1S/C22H24N2O3/c1-15-6-5-7-16-19(25)14-17(21(15)16)22(26)24-12-10-23(11-13-24)18-8-3-4-9-20(18)27-2/h3-9,17H,10-14H2,1-2H3. The zero-order chi connectivity index (χ0) is 19.0. The SMILES string of the molecule is COc1ccccc1N1CCN(C(=O)C2CC(=O)c3cccc(C)c32)CC1. The number of hydrogen-bond acceptors (Lipinski definition) is 4. The minimum absolute atomic E-state index is 0.0797. The van der Waals surface area contributed by atoms with Gasteiger partial charge in [0.1, 0.15) is 5.75 Å². The number of nitrogens with zero attached hydrogens (tertiary/aromatic N) is 2. The summed E-state index contributed by atoms with van der Waals surface area (Å²) in [6.45, 7) is 4.81. The number of amides is 1. The molecule has 1 unspecified atom stereocenters. The molecule has 0 saturated carbocycles. The van der Waals surface area contributed by atoms with Crippen molar-refractivity contribution in [2.75, 3.05) is 38.2 Å². The van der Waals surface area contributed by atoms with Crippen molar-refractivity contribution in [3.05, 3.63) is 59.2 Å². The molecule has 1 amide bonds. The molecule has 2 aromatic rings. The molecule has 0 radical (unpaired) electrons. The second-order valence-electron chi connectivity index (χ2n) is 7.20. The number of ether oxygens (including phenoxy) is 1. The Balaban J connectivity index is 1.48. The van der Waals surface area contributed by atoms with E-state index >= 15 is 0 Å². The van der Waals surface area contributed by atoms with E-state index in [0.29, 0.717) is 19.5 Å². The molecule has 1 fully saturated rings. The molecule has 0 bridgehead atoms. The molecule has 1 aliphatic carbocycles. The third kappa shape index (κ3) is 3.07. The average molecular weight is 364 g/mol. The van der Waals surface area contributed by atoms with Crippen LogP contribution >= 0.6 is 0 Å². The number of hydrogen-bond donors (Lipinski definition) is 0. The van der Waals surface area contributed by atoms with Gasteiger partial charge in [0, 0.05) is 38.2 Å². The molecule has 1 heterocycles. The number of aryl methyl sites for hydroxylation is 1. The first kappa shape index (κ1) is 17.6. The molecule has 5 heteroatoms. The van der Waals surface area contributed by atoms with Crippen LogP contribution in [0.3, 0.4) is 0 Å². The van der Waals surface area contributed by atoms with Crippen LogP contribution in [0.15, 0.2) is 42.5 Å². The number of fused-ring (bicyclic) bond motifs is 1. The Morgan fingerprint density at radius 2 is 1.78 bits per heavy atom. The molecule has 1 atom stereocenters. The van der Waals surface area contributed by atoms with Gasteiger partial charge in [0.15, 0.2) is 5.78 Å². The average Bonchev–Trinajstić information content (AvgIpc) is 3.05. The second kappa shape index (κ2) is 7.06. The normalized spacial score (nSPS) is 19.2. The predicted octanol–water partition coefficient (Wildman–Crippen LogP) is 3.02. The maximum absolute atomic E-state index is 13.2. The van der Waals surface area contributed by atoms with Crippen molar-refractivity contribution in [2.24, 2.45) is 0 Å². The number of carbonyl (C=O) groups is 2. The monoisotopic (exact) mass is 364 g/mol. The van der Waals surface area contributed by atoms with Crippen molar-refractivity contribution in [1.29, 1.82) is 0 Å². The quantitative estimate of drug-likeness (QED) is 0.840. The molecule has 27 heavy (non-hydrogen) atoms. The molecule has 4 rings (SSSR count). The van der Waals surface area contributed by atoms with E-state index in [1.165, 1.54) is 0 Å². The molecular formula is C22H24N2O3. The van der Waals surface area contributed by atoms with Gasteiger partial charge in [0.25, 0.3) is 0 Å². The predicted molar refractivity (Wildman–Crippen MR) is 105 cm³/mol. The molecule has 5 nitrogen and oxygen atoms in total. The van der Waals surface area contributed by atoms with Crippen LogP contribution in [0.4, 0.5) is 5.69 Å². The number of methoxy groups -OCH3 is 1. The fourth-order valence-corrected chi connectivity index (χ4v) is 4.27. The highest BCUT2D eigenvalue weighted by Gasteiger charge is 2.38. The molecule has 1 saturated heterocycles. The lowest BCUT2D eigenvalue weighted by Gasteiger charge is -2.37. The Labute approximate surface area is 159 Å². The number of benzene rings is 2. The van der Waals surface area contributed by atoms with E-state index in [1.807, 2.05) is 54.3 Å². The number of para-hydroxylation sites is 2. The molecule has 0 aromatic heterocycles. The Kier molecular flexibility index (Phi) is 4.60. The summed E-state index contributed by atoms with van der Waals surface area (Å²) in [7, 11) is 1.68. The summed E-state index contributed by atoms with van der Waals surface area (Å²) < 4.78 is 5.46. The lowest BCUT2D eigenvalue weighted by molar-refractivity contribution is -0.133. The van der Waals surface area contributed by atoms with E-state index in [9.17, 15) is 9.59 Å². The highest BCUT2D eigenvalue weighted by molar-refractivity contribution is 6.07. The Morgan fingerprint density at radius 1 is 1.04 bits per heavy atom. The van der Waals surface area contributed by atoms with E-state index < -0.39 is 0 Å². The third-order valence-corrected chi connectivity index (χ3v) is 5.68. The molecule has 2 aromatic carbocycles. The zero-order valence-corrected chi connectivity index (χ0v) is 15.8. The van der Waals surface area contributed by atoms with Gasteiger partial charge >= 0.3 is 0 Å². The van der Waals surface area contributed by atoms with Gasteiger partial charge in [-0.25, -0.2) is 0 Å². The summed E-state index contributed by atoms with van der Waals surface area (Å²) in [5.41, 5.74) is 3.74. The lowest BCUT2D eigenvalue weighted by atomic mass is 9.95. The summed E-state index contributed by atoms with van der Waals surface area (Å²) in [6.07, 6.45) is 0.297. The van der Waals surface area contributed by atoms with Gasteiger partial charge < -0.3 is 14.5 Å². The Bertz CT molecular complexity index is 885. The van der Waals surface area contributed by atoms with E-state index in [1.54, 1.807) is 7.11 Å². The molecular weight excluding hydrogens is 340 g/mol. The number of carbonyl (C=O) groups excluding carboxylic acids is 2. The first-order chi connectivity index (χ1) is 13.1. The van der Waals surface area contributed by atoms with Crippen molar-refractivity contribution in [3.8, 4) is 5.75 Å². The van der Waals surface area contributed by atoms with Gasteiger partial charge in [0.05, 0.1) is 18.7 Å². The van der Waals surface area contributed by atoms with Crippen molar-refractivity contribution in [1.82, 2.24) is 4.90 Å². The minimum Gasteiger partial charge on any atom is -0.495 e. The van der Waals surface area contributed by atoms with Crippen LogP contribution in [0.5, 0.6) is 5.75 Å². The molecule has 0 N–H and O–H groups in total. The molecule has 0 spiro atoms. The smallest absolute Gasteiger partial charge is 0.230 e. The van der Waals surface area contributed by atoms with Gasteiger partial charge in [-0.2, -0.15) is 0 Å². The maximum Gasteiger partial charge on any atom is 0.230 e. The van der Waals surface area contributed by atoms with Gasteiger partial charge in [-0.05, 0) is 30.2 Å². The van der Waals surface area contributed by atoms with E-state index in [2.05, 4.69) is 4.90 Å². The fraction of sp³-hybridized carbons (Fsp3) is 0.364. The Morgan fingerprint density at radius 3 is 2.52 bits per heavy atom. The fourth-order valence-electron chi connectivity index (χ4n) is 4.27. The highest BCUT2D eigenvalue weighted by Crippen LogP contribution is 2.37. The number of ketones is 1. The largest absolute Gasteiger partial charge is 0.495 e. The zero-order valence-electron chi connectivity index (χ0n) is 15.8. The summed E-state index contributed by atoms with van der Waals surface area (Å²) in [6, 6.07) is 13.7. The van der Waals surface area contributed by atoms with Gasteiger partial charge in [0.2, 0.25) is 5.91 Å². The van der Waals surface area contributed by atoms with Crippen LogP contribution in [0.1, 0.15) is 33.8 Å². The van der Waals surface area contributed by atoms with Gasteiger partial charge in [-0.15, -0.1) is 0 Å². The van der Waals surface area contributed by atoms with E-state index in [4.69, 9.17) is 4.74 Å². The lowest BCUT2D eigenvalue weighted by Crippen LogP contribution is -2.50. The van der Waals surface area contributed by atoms with Crippen molar-refractivity contribution < 1.29 is 14.3 Å². The van der Waals surface area contributed by atoms with Crippen LogP contribution in [0.25, 0.3) is 0 Å². The summed E-state index contributed by atoms with van der Waals surface area (Å²) in [5, 5.41) is 0. The third-order valence-electron chi connectivity index (χ3n) is 5.68. The first-order valence-electron chi connectivity index (χ1n) is 9.39. The molecule has 140 valence electrons. The van der Waals surface area contributed by atoms with Crippen LogP contribution in [-0.4, -0.2) is 49.9 Å². The molecule has 2 aliphatic rings. The topological polar surface area (TPSA) is 49.9 Å². The summed E-state index contributed by atoms with van der Waals surface area (Å²) in [4.78, 5) is 29.6. The van der Waals surface area contributed by atoms with Crippen LogP contribution in [0.2, 0.25) is 0 Å². The van der Waals surface area contributed by atoms with Crippen molar-refractivity contribution in [3.63, 3.8) is 0 Å². The summed E-state index contributed by atoms with van der Waals surface area (Å²) >= 11 is 0. The Hall–Kier alpha value is -2.82. The summed E-state index contributed by atoms with van der Waals surface area (Å²) in [5.74, 6) is 0.686. The van der Waals surface area contributed by atoms with E-state index in [-0.39, 0.29) is 17.6 Å². The van der Waals surface area contributed by atoms with Crippen LogP contribution in [-0.2, 0) is 4.79 Å². The number of Topliss-reactive ketones (excluding diaryl/α,β-unsaturated/α-hetero) is 1. The number of piperazine rings is 1. The van der Waals surface area contributed by atoms with Crippen LogP contribution in [0, 0.1) is 6.92 Å². The molecule has 1 aliphatic heterocycles. The van der Waals surface area contributed by atoms with Gasteiger partial charge in [-0.1, -0.05) is 30.3 Å². The van der Waals surface area contributed by atoms with E-state index in [0.717, 1.165) is 41.2 Å². The highest BCUT2D eigenvalue weighted by atomic mass is 16.5. The maximum atomic E-state index is 13.2.